The Kier molecular flexibility index (Phi) is 4.18. The molecule has 1 fully saturated rings. The predicted octanol–water partition coefficient (Wildman–Crippen LogP) is 4.99. The molecule has 1 saturated heterocycles. The highest BCUT2D eigenvalue weighted by molar-refractivity contribution is 7.11. The van der Waals surface area contributed by atoms with E-state index in [-0.39, 0.29) is 5.82 Å². The first-order valence-corrected chi connectivity index (χ1v) is 11.6. The molecule has 0 amide bonds. The maximum absolute atomic E-state index is 14.5. The molecular weight excluding hydrogens is 409 g/mol. The van der Waals surface area contributed by atoms with E-state index < -0.39 is 0 Å². The fourth-order valence-electron chi connectivity index (χ4n) is 5.36. The van der Waals surface area contributed by atoms with E-state index in [2.05, 4.69) is 16.9 Å². The number of hydrogen-bond acceptors (Lipinski definition) is 5. The molecule has 5 nitrogen and oxygen atoms in total. The van der Waals surface area contributed by atoms with Crippen molar-refractivity contribution in [3.8, 4) is 11.3 Å². The molecule has 0 bridgehead atoms. The third-order valence-electron chi connectivity index (χ3n) is 6.92. The largest absolute Gasteiger partial charge is 0.355 e. The van der Waals surface area contributed by atoms with Gasteiger partial charge < -0.3 is 4.90 Å². The van der Waals surface area contributed by atoms with Crippen LogP contribution in [-0.4, -0.2) is 32.7 Å². The first kappa shape index (κ1) is 18.9. The Morgan fingerprint density at radius 3 is 2.61 bits per heavy atom. The molecule has 1 aliphatic carbocycles. The zero-order valence-electron chi connectivity index (χ0n) is 17.7. The Balaban J connectivity index is 1.32. The second-order valence-electron chi connectivity index (χ2n) is 8.92. The number of aryl methyl sites for hydroxylation is 2. The predicted molar refractivity (Wildman–Crippen MR) is 121 cm³/mol. The fourth-order valence-corrected chi connectivity index (χ4v) is 6.49. The molecule has 1 aromatic carbocycles. The second-order valence-corrected chi connectivity index (χ2v) is 10.2. The number of benzene rings is 1. The molecule has 0 saturated carbocycles. The van der Waals surface area contributed by atoms with Crippen molar-refractivity contribution in [1.82, 2.24) is 19.6 Å². The maximum Gasteiger partial charge on any atom is 0.155 e. The summed E-state index contributed by atoms with van der Waals surface area (Å²) in [7, 11) is 0. The molecule has 0 radical (unpaired) electrons. The van der Waals surface area contributed by atoms with E-state index >= 15 is 0 Å². The summed E-state index contributed by atoms with van der Waals surface area (Å²) in [6.45, 7) is 6.00. The number of aromatic nitrogens is 4. The first-order chi connectivity index (χ1) is 15.0. The van der Waals surface area contributed by atoms with Crippen molar-refractivity contribution in [2.45, 2.75) is 39.5 Å². The highest BCUT2D eigenvalue weighted by Gasteiger charge is 2.42. The average molecular weight is 434 g/mol. The van der Waals surface area contributed by atoms with Crippen LogP contribution in [0.1, 0.15) is 34.1 Å². The van der Waals surface area contributed by atoms with Crippen molar-refractivity contribution < 1.29 is 4.39 Å². The fraction of sp³-hybridized carbons (Fsp3) is 0.375. The van der Waals surface area contributed by atoms with Crippen LogP contribution in [0.3, 0.4) is 0 Å². The van der Waals surface area contributed by atoms with Crippen LogP contribution >= 0.6 is 11.3 Å². The van der Waals surface area contributed by atoms with Crippen LogP contribution in [0.15, 0.2) is 36.5 Å². The molecule has 4 heterocycles. The quantitative estimate of drug-likeness (QED) is 0.447. The van der Waals surface area contributed by atoms with Gasteiger partial charge in [-0.25, -0.2) is 18.9 Å². The van der Waals surface area contributed by atoms with Crippen molar-refractivity contribution >= 4 is 22.7 Å². The summed E-state index contributed by atoms with van der Waals surface area (Å²) in [4.78, 5) is 13.6. The molecule has 0 atom stereocenters. The van der Waals surface area contributed by atoms with E-state index in [1.165, 1.54) is 28.1 Å². The summed E-state index contributed by atoms with van der Waals surface area (Å²) < 4.78 is 16.4. The lowest BCUT2D eigenvalue weighted by atomic mass is 9.76. The number of anilines is 1. The minimum Gasteiger partial charge on any atom is -0.355 e. The standard InChI is InChI=1S/C24H24FN5S/c1-15-22(17-5-3-4-6-18(17)25)30-20(7-10-26-30)23(27-15)29-11-8-24(9-12-29)13-19-21(14-24)31-16(2)28-19/h3-7,10H,8-9,11-14H2,1-2H3. The van der Waals surface area contributed by atoms with E-state index in [0.29, 0.717) is 11.0 Å². The van der Waals surface area contributed by atoms with Crippen molar-refractivity contribution in [2.75, 3.05) is 18.0 Å². The summed E-state index contributed by atoms with van der Waals surface area (Å²) in [5.41, 5.74) is 4.67. The maximum atomic E-state index is 14.5. The van der Waals surface area contributed by atoms with Gasteiger partial charge in [-0.3, -0.25) is 0 Å². The summed E-state index contributed by atoms with van der Waals surface area (Å²) in [5, 5.41) is 5.72. The third kappa shape index (κ3) is 2.97. The lowest BCUT2D eigenvalue weighted by molar-refractivity contribution is 0.232. The SMILES string of the molecule is Cc1nc2c(s1)CC1(CCN(c3nc(C)c(-c4ccccc4F)n4nccc34)CC1)C2. The molecule has 1 aliphatic heterocycles. The Hall–Kier alpha value is -2.80. The van der Waals surface area contributed by atoms with Gasteiger partial charge in [-0.2, -0.15) is 5.10 Å². The molecule has 31 heavy (non-hydrogen) atoms. The van der Waals surface area contributed by atoms with E-state index in [0.717, 1.165) is 55.1 Å². The Bertz CT molecular complexity index is 1270. The van der Waals surface area contributed by atoms with Crippen molar-refractivity contribution in [1.29, 1.82) is 0 Å². The topological polar surface area (TPSA) is 46.3 Å². The van der Waals surface area contributed by atoms with Crippen molar-refractivity contribution in [3.05, 3.63) is 63.6 Å². The van der Waals surface area contributed by atoms with Gasteiger partial charge in [-0.15, -0.1) is 11.3 Å². The minimum atomic E-state index is -0.255. The number of nitrogens with zero attached hydrogens (tertiary/aromatic N) is 5. The van der Waals surface area contributed by atoms with E-state index in [4.69, 9.17) is 9.97 Å². The number of rotatable bonds is 2. The van der Waals surface area contributed by atoms with Crippen LogP contribution in [0.5, 0.6) is 0 Å². The van der Waals surface area contributed by atoms with Crippen molar-refractivity contribution in [2.24, 2.45) is 5.41 Å². The van der Waals surface area contributed by atoms with E-state index in [1.807, 2.05) is 34.9 Å². The van der Waals surface area contributed by atoms with Gasteiger partial charge >= 0.3 is 0 Å². The van der Waals surface area contributed by atoms with Gasteiger partial charge in [0.15, 0.2) is 5.82 Å². The van der Waals surface area contributed by atoms with Crippen LogP contribution in [0.25, 0.3) is 16.8 Å². The van der Waals surface area contributed by atoms with Crippen LogP contribution in [0.2, 0.25) is 0 Å². The minimum absolute atomic E-state index is 0.255. The Morgan fingerprint density at radius 1 is 1.03 bits per heavy atom. The molecule has 7 heteroatoms. The zero-order chi connectivity index (χ0) is 21.2. The molecular formula is C24H24FN5S. The van der Waals surface area contributed by atoms with E-state index in [9.17, 15) is 4.39 Å². The normalized spacial score (nSPS) is 17.6. The molecule has 2 aliphatic rings. The van der Waals surface area contributed by atoms with Crippen LogP contribution < -0.4 is 4.90 Å². The van der Waals surface area contributed by atoms with Crippen LogP contribution in [0, 0.1) is 25.1 Å². The number of halogens is 1. The molecule has 158 valence electrons. The molecule has 3 aromatic heterocycles. The summed E-state index contributed by atoms with van der Waals surface area (Å²) in [6, 6.07) is 8.81. The van der Waals surface area contributed by atoms with Gasteiger partial charge in [-0.1, -0.05) is 12.1 Å². The smallest absolute Gasteiger partial charge is 0.155 e. The first-order valence-electron chi connectivity index (χ1n) is 10.8. The van der Waals surface area contributed by atoms with Gasteiger partial charge in [0, 0.05) is 23.5 Å². The molecule has 0 unspecified atom stereocenters. The van der Waals surface area contributed by atoms with Gasteiger partial charge in [0.25, 0.3) is 0 Å². The highest BCUT2D eigenvalue weighted by atomic mass is 32.1. The Morgan fingerprint density at radius 2 is 1.84 bits per heavy atom. The molecule has 0 N–H and O–H groups in total. The van der Waals surface area contributed by atoms with Gasteiger partial charge in [0.05, 0.1) is 28.3 Å². The van der Waals surface area contributed by atoms with Crippen LogP contribution in [-0.2, 0) is 12.8 Å². The third-order valence-corrected chi connectivity index (χ3v) is 7.93. The monoisotopic (exact) mass is 433 g/mol. The number of hydrogen-bond donors (Lipinski definition) is 0. The second kappa shape index (κ2) is 6.85. The molecule has 6 rings (SSSR count). The summed E-state index contributed by atoms with van der Waals surface area (Å²) in [6.07, 6.45) is 6.35. The van der Waals surface area contributed by atoms with Crippen molar-refractivity contribution in [3.63, 3.8) is 0 Å². The average Bonchev–Trinajstić information content (AvgIpc) is 3.43. The lowest BCUT2D eigenvalue weighted by Crippen LogP contribution is -2.41. The van der Waals surface area contributed by atoms with Gasteiger partial charge in [0.1, 0.15) is 11.3 Å². The summed E-state index contributed by atoms with van der Waals surface area (Å²) in [5.74, 6) is 0.695. The number of piperidine rings is 1. The summed E-state index contributed by atoms with van der Waals surface area (Å²) >= 11 is 1.87. The molecule has 1 spiro atoms. The highest BCUT2D eigenvalue weighted by Crippen LogP contribution is 2.47. The zero-order valence-corrected chi connectivity index (χ0v) is 18.5. The number of thiazole rings is 1. The van der Waals surface area contributed by atoms with Gasteiger partial charge in [0.2, 0.25) is 0 Å². The lowest BCUT2D eigenvalue weighted by Gasteiger charge is -2.40. The number of fused-ring (bicyclic) bond motifs is 2. The Labute approximate surface area is 184 Å². The van der Waals surface area contributed by atoms with E-state index in [1.54, 1.807) is 18.3 Å². The molecule has 4 aromatic rings. The van der Waals surface area contributed by atoms with Gasteiger partial charge in [-0.05, 0) is 63.1 Å². The van der Waals surface area contributed by atoms with Crippen LogP contribution in [0.4, 0.5) is 10.2 Å².